The third-order valence-electron chi connectivity index (χ3n) is 3.06. The van der Waals surface area contributed by atoms with Crippen LogP contribution in [0, 0.1) is 0 Å². The summed E-state index contributed by atoms with van der Waals surface area (Å²) in [6.07, 6.45) is 2.61. The molecule has 1 unspecified atom stereocenters. The van der Waals surface area contributed by atoms with Crippen molar-refractivity contribution in [1.82, 2.24) is 0 Å². The first kappa shape index (κ1) is 9.28. The van der Waals surface area contributed by atoms with E-state index in [1.807, 2.05) is 0 Å². The summed E-state index contributed by atoms with van der Waals surface area (Å²) in [4.78, 5) is 13.4. The van der Waals surface area contributed by atoms with Gasteiger partial charge in [0.1, 0.15) is 5.25 Å². The maximum atomic E-state index is 11.0. The van der Waals surface area contributed by atoms with Crippen molar-refractivity contribution in [2.75, 3.05) is 18.0 Å². The monoisotopic (exact) mass is 219 g/mol. The molecule has 0 aromatic heterocycles. The molecule has 0 aliphatic carbocycles. The molecule has 2 nitrogen and oxygen atoms in total. The fourth-order valence-corrected chi connectivity index (χ4v) is 2.72. The van der Waals surface area contributed by atoms with Crippen molar-refractivity contribution >= 4 is 22.6 Å². The smallest absolute Gasteiger partial charge is 0.207 e. The van der Waals surface area contributed by atoms with E-state index in [2.05, 4.69) is 29.2 Å². The van der Waals surface area contributed by atoms with Gasteiger partial charge in [-0.3, -0.25) is 4.79 Å². The number of nitrogens with zero attached hydrogens (tertiary/aromatic N) is 1. The molecule has 2 aliphatic rings. The Morgan fingerprint density at radius 1 is 1.13 bits per heavy atom. The predicted octanol–water partition coefficient (Wildman–Crippen LogP) is 2.60. The topological polar surface area (TPSA) is 20.3 Å². The van der Waals surface area contributed by atoms with E-state index in [9.17, 15) is 4.79 Å². The summed E-state index contributed by atoms with van der Waals surface area (Å²) in [5.41, 5.74) is 2.46. The summed E-state index contributed by atoms with van der Waals surface area (Å²) in [5, 5.41) is 0.446. The van der Waals surface area contributed by atoms with Gasteiger partial charge in [-0.1, -0.05) is 23.9 Å². The molecule has 2 heterocycles. The third kappa shape index (κ3) is 1.76. The first-order chi connectivity index (χ1) is 7.34. The fourth-order valence-electron chi connectivity index (χ4n) is 2.12. The second-order valence-electron chi connectivity index (χ2n) is 4.10. The number of carbonyl (C=O) groups is 1. The standard InChI is InChI=1S/C12H13NOS/c14-12-11(15-12)9-3-5-10(6-4-9)13-7-1-2-8-13/h3-6,11H,1-2,7-8H2. The Kier molecular flexibility index (Phi) is 2.20. The summed E-state index contributed by atoms with van der Waals surface area (Å²) >= 11 is 1.43. The van der Waals surface area contributed by atoms with Gasteiger partial charge in [0.15, 0.2) is 0 Å². The second-order valence-corrected chi connectivity index (χ2v) is 5.21. The van der Waals surface area contributed by atoms with Crippen molar-refractivity contribution in [3.05, 3.63) is 29.8 Å². The molecular formula is C12H13NOS. The molecular weight excluding hydrogens is 206 g/mol. The van der Waals surface area contributed by atoms with Crippen LogP contribution in [0.5, 0.6) is 0 Å². The molecule has 3 heteroatoms. The van der Waals surface area contributed by atoms with Crippen LogP contribution in [-0.2, 0) is 4.79 Å². The zero-order valence-corrected chi connectivity index (χ0v) is 9.30. The molecule has 0 N–H and O–H groups in total. The van der Waals surface area contributed by atoms with E-state index in [4.69, 9.17) is 0 Å². The number of thioether (sulfide) groups is 1. The molecule has 1 aromatic carbocycles. The molecule has 2 saturated heterocycles. The van der Waals surface area contributed by atoms with Gasteiger partial charge in [0.05, 0.1) is 0 Å². The highest BCUT2D eigenvalue weighted by Gasteiger charge is 2.37. The quantitative estimate of drug-likeness (QED) is 0.713. The lowest BCUT2D eigenvalue weighted by Gasteiger charge is -2.17. The average molecular weight is 219 g/mol. The Bertz CT molecular complexity index is 381. The molecule has 15 heavy (non-hydrogen) atoms. The zero-order chi connectivity index (χ0) is 10.3. The van der Waals surface area contributed by atoms with Crippen LogP contribution >= 0.6 is 11.8 Å². The summed E-state index contributed by atoms with van der Waals surface area (Å²) in [6.45, 7) is 2.35. The molecule has 0 spiro atoms. The molecule has 78 valence electrons. The maximum Gasteiger partial charge on any atom is 0.207 e. The Morgan fingerprint density at radius 2 is 1.73 bits per heavy atom. The van der Waals surface area contributed by atoms with Crippen molar-refractivity contribution in [3.63, 3.8) is 0 Å². The van der Waals surface area contributed by atoms with Crippen molar-refractivity contribution in [1.29, 1.82) is 0 Å². The molecule has 1 atom stereocenters. The molecule has 2 aliphatic heterocycles. The number of benzene rings is 1. The highest BCUT2D eigenvalue weighted by Crippen LogP contribution is 2.48. The Balaban J connectivity index is 1.78. The zero-order valence-electron chi connectivity index (χ0n) is 8.48. The van der Waals surface area contributed by atoms with E-state index in [1.54, 1.807) is 0 Å². The van der Waals surface area contributed by atoms with Gasteiger partial charge in [0.25, 0.3) is 0 Å². The minimum Gasteiger partial charge on any atom is -0.372 e. The Morgan fingerprint density at radius 3 is 2.27 bits per heavy atom. The average Bonchev–Trinajstić information content (AvgIpc) is 2.82. The maximum absolute atomic E-state index is 11.0. The minimum absolute atomic E-state index is 0.137. The number of rotatable bonds is 2. The largest absolute Gasteiger partial charge is 0.372 e. The summed E-state index contributed by atoms with van der Waals surface area (Å²) in [7, 11) is 0. The van der Waals surface area contributed by atoms with Crippen LogP contribution in [0.4, 0.5) is 5.69 Å². The van der Waals surface area contributed by atoms with E-state index < -0.39 is 0 Å². The van der Waals surface area contributed by atoms with Crippen molar-refractivity contribution < 1.29 is 4.79 Å². The van der Waals surface area contributed by atoms with Crippen molar-refractivity contribution in [3.8, 4) is 0 Å². The van der Waals surface area contributed by atoms with Crippen LogP contribution in [0.2, 0.25) is 0 Å². The number of hydrogen-bond acceptors (Lipinski definition) is 3. The van der Waals surface area contributed by atoms with E-state index in [-0.39, 0.29) is 5.25 Å². The molecule has 2 fully saturated rings. The van der Waals surface area contributed by atoms with Crippen molar-refractivity contribution in [2.45, 2.75) is 18.1 Å². The number of anilines is 1. The van der Waals surface area contributed by atoms with Gasteiger partial charge in [-0.05, 0) is 30.5 Å². The van der Waals surface area contributed by atoms with E-state index in [0.29, 0.717) is 5.12 Å². The Hall–Kier alpha value is -0.960. The van der Waals surface area contributed by atoms with Crippen molar-refractivity contribution in [2.24, 2.45) is 0 Å². The highest BCUT2D eigenvalue weighted by molar-refractivity contribution is 8.24. The van der Waals surface area contributed by atoms with Crippen LogP contribution in [0.1, 0.15) is 23.7 Å². The van der Waals surface area contributed by atoms with E-state index in [0.717, 1.165) is 5.56 Å². The molecule has 3 rings (SSSR count). The van der Waals surface area contributed by atoms with Gasteiger partial charge in [0, 0.05) is 18.8 Å². The van der Waals surface area contributed by atoms with Gasteiger partial charge in [-0.2, -0.15) is 0 Å². The van der Waals surface area contributed by atoms with Crippen LogP contribution in [0.25, 0.3) is 0 Å². The Labute approximate surface area is 93.7 Å². The summed E-state index contributed by atoms with van der Waals surface area (Å²) in [6, 6.07) is 8.48. The SMILES string of the molecule is O=C1SC1c1ccc(N2CCCC2)cc1. The number of carbonyl (C=O) groups excluding carboxylic acids is 1. The molecule has 0 amide bonds. The number of hydrogen-bond donors (Lipinski definition) is 0. The lowest BCUT2D eigenvalue weighted by Crippen LogP contribution is -2.17. The molecule has 0 bridgehead atoms. The summed E-state index contributed by atoms with van der Waals surface area (Å²) < 4.78 is 0. The first-order valence-electron chi connectivity index (χ1n) is 5.40. The van der Waals surface area contributed by atoms with Crippen LogP contribution in [0.3, 0.4) is 0 Å². The van der Waals surface area contributed by atoms with E-state index in [1.165, 1.54) is 43.4 Å². The van der Waals surface area contributed by atoms with Crippen LogP contribution in [-0.4, -0.2) is 18.2 Å². The fraction of sp³-hybridized carbons (Fsp3) is 0.417. The van der Waals surface area contributed by atoms with E-state index >= 15 is 0 Å². The third-order valence-corrected chi connectivity index (χ3v) is 3.99. The minimum atomic E-state index is 0.137. The molecule has 0 saturated carbocycles. The second kappa shape index (κ2) is 3.56. The van der Waals surface area contributed by atoms with Gasteiger partial charge in [-0.25, -0.2) is 0 Å². The predicted molar refractivity (Wildman–Crippen MR) is 63.2 cm³/mol. The first-order valence-corrected chi connectivity index (χ1v) is 6.28. The van der Waals surface area contributed by atoms with Crippen LogP contribution < -0.4 is 4.90 Å². The highest BCUT2D eigenvalue weighted by atomic mass is 32.2. The van der Waals surface area contributed by atoms with Gasteiger partial charge in [0.2, 0.25) is 5.12 Å². The summed E-state index contributed by atoms with van der Waals surface area (Å²) in [5.74, 6) is 0. The van der Waals surface area contributed by atoms with Gasteiger partial charge < -0.3 is 4.90 Å². The molecule has 1 aromatic rings. The lowest BCUT2D eigenvalue weighted by atomic mass is 10.1. The molecule has 0 radical (unpaired) electrons. The van der Waals surface area contributed by atoms with Gasteiger partial charge >= 0.3 is 0 Å². The lowest BCUT2D eigenvalue weighted by molar-refractivity contribution is -0.107. The van der Waals surface area contributed by atoms with Gasteiger partial charge in [-0.15, -0.1) is 0 Å². The van der Waals surface area contributed by atoms with Crippen LogP contribution in [0.15, 0.2) is 24.3 Å². The normalized spacial score (nSPS) is 24.7.